The van der Waals surface area contributed by atoms with Crippen molar-refractivity contribution in [3.8, 4) is 11.8 Å². The standard InChI is InChI=1S/C33H28F4N6O3/c1-4-42-30-25(26(29(45)40-32(2,3)18-38)41-43(30)23-11-6-5-7-12-23)24(19-13-15-22(34)16-14-19)27(31(42)46)39-28(44)20-9-8-10-21(17-20)33(35,36)37/h5-17,24,27H,4H2,1-3H3,(H,39,44)(H,40,45)/t24-,27-/m1/s1. The van der Waals surface area contributed by atoms with E-state index >= 15 is 0 Å². The third-order valence-electron chi connectivity index (χ3n) is 7.53. The second kappa shape index (κ2) is 12.1. The summed E-state index contributed by atoms with van der Waals surface area (Å²) in [6.07, 6.45) is -4.72. The molecule has 2 N–H and O–H groups in total. The Morgan fingerprint density at radius 2 is 1.65 bits per heavy atom. The summed E-state index contributed by atoms with van der Waals surface area (Å²) in [5.74, 6) is -3.88. The Balaban J connectivity index is 1.74. The number of benzene rings is 3. The quantitative estimate of drug-likeness (QED) is 0.266. The van der Waals surface area contributed by atoms with Crippen LogP contribution < -0.4 is 15.5 Å². The molecule has 5 rings (SSSR count). The minimum absolute atomic E-state index is 0.0567. The number of nitrogens with zero attached hydrogens (tertiary/aromatic N) is 4. The van der Waals surface area contributed by atoms with Crippen molar-refractivity contribution in [3.05, 3.63) is 113 Å². The van der Waals surface area contributed by atoms with Gasteiger partial charge in [-0.2, -0.15) is 23.5 Å². The van der Waals surface area contributed by atoms with Gasteiger partial charge in [-0.3, -0.25) is 19.3 Å². The van der Waals surface area contributed by atoms with Gasteiger partial charge >= 0.3 is 6.18 Å². The van der Waals surface area contributed by atoms with Crippen molar-refractivity contribution < 1.29 is 31.9 Å². The first-order valence-corrected chi connectivity index (χ1v) is 14.2. The Kier molecular flexibility index (Phi) is 8.40. The summed E-state index contributed by atoms with van der Waals surface area (Å²) in [5, 5.41) is 19.4. The molecular weight excluding hydrogens is 604 g/mol. The highest BCUT2D eigenvalue weighted by atomic mass is 19.4. The lowest BCUT2D eigenvalue weighted by Gasteiger charge is -2.38. The van der Waals surface area contributed by atoms with Crippen LogP contribution in [0.3, 0.4) is 0 Å². The van der Waals surface area contributed by atoms with Crippen LogP contribution in [-0.2, 0) is 11.0 Å². The number of fused-ring (bicyclic) bond motifs is 1. The van der Waals surface area contributed by atoms with Crippen molar-refractivity contribution in [2.45, 2.75) is 44.4 Å². The molecule has 2 atom stereocenters. The Bertz CT molecular complexity index is 1850. The number of nitrogens with one attached hydrogen (secondary N) is 2. The van der Waals surface area contributed by atoms with Crippen LogP contribution in [-0.4, -0.2) is 45.6 Å². The highest BCUT2D eigenvalue weighted by Gasteiger charge is 2.47. The van der Waals surface area contributed by atoms with E-state index in [-0.39, 0.29) is 29.2 Å². The Labute approximate surface area is 261 Å². The van der Waals surface area contributed by atoms with Crippen molar-refractivity contribution in [2.75, 3.05) is 11.4 Å². The largest absolute Gasteiger partial charge is 0.416 e. The van der Waals surface area contributed by atoms with Gasteiger partial charge in [0.25, 0.3) is 17.7 Å². The third kappa shape index (κ3) is 6.06. The lowest BCUT2D eigenvalue weighted by atomic mass is 9.80. The topological polar surface area (TPSA) is 120 Å². The first-order valence-electron chi connectivity index (χ1n) is 14.2. The number of anilines is 1. The lowest BCUT2D eigenvalue weighted by Crippen LogP contribution is -2.55. The number of aromatic nitrogens is 2. The predicted octanol–water partition coefficient (Wildman–Crippen LogP) is 5.36. The van der Waals surface area contributed by atoms with Gasteiger partial charge < -0.3 is 10.6 Å². The summed E-state index contributed by atoms with van der Waals surface area (Å²) in [7, 11) is 0. The van der Waals surface area contributed by atoms with Crippen molar-refractivity contribution in [1.29, 1.82) is 5.26 Å². The van der Waals surface area contributed by atoms with Crippen molar-refractivity contribution >= 4 is 23.5 Å². The molecule has 13 heteroatoms. The van der Waals surface area contributed by atoms with Crippen LogP contribution in [0.25, 0.3) is 5.69 Å². The first-order chi connectivity index (χ1) is 21.8. The van der Waals surface area contributed by atoms with E-state index in [4.69, 9.17) is 0 Å². The molecule has 4 aromatic rings. The summed E-state index contributed by atoms with van der Waals surface area (Å²) >= 11 is 0. The number of para-hydroxylation sites is 1. The van der Waals surface area contributed by atoms with E-state index in [1.807, 2.05) is 6.07 Å². The molecule has 1 aliphatic heterocycles. The summed E-state index contributed by atoms with van der Waals surface area (Å²) in [6.45, 7) is 4.71. The van der Waals surface area contributed by atoms with Gasteiger partial charge in [0.1, 0.15) is 23.2 Å². The molecular formula is C33H28F4N6O3. The number of hydrogen-bond acceptors (Lipinski definition) is 5. The number of carbonyl (C=O) groups is 3. The maximum atomic E-state index is 14.3. The SMILES string of the molecule is CCN1C(=O)[C@H](NC(=O)c2cccc(C(F)(F)F)c2)[C@H](c2ccc(F)cc2)c2c(C(=O)NC(C)(C)C#N)nn(-c3ccccc3)c21. The zero-order valence-electron chi connectivity index (χ0n) is 24.9. The molecule has 0 radical (unpaired) electrons. The monoisotopic (exact) mass is 632 g/mol. The zero-order valence-corrected chi connectivity index (χ0v) is 24.9. The van der Waals surface area contributed by atoms with Gasteiger partial charge in [-0.25, -0.2) is 9.07 Å². The molecule has 0 bridgehead atoms. The van der Waals surface area contributed by atoms with Crippen molar-refractivity contribution in [2.24, 2.45) is 0 Å². The van der Waals surface area contributed by atoms with E-state index in [0.29, 0.717) is 17.3 Å². The average molecular weight is 633 g/mol. The van der Waals surface area contributed by atoms with Crippen LogP contribution in [0.2, 0.25) is 0 Å². The normalized spacial score (nSPS) is 16.4. The first kappa shape index (κ1) is 31.9. The van der Waals surface area contributed by atoms with Crippen LogP contribution in [0.4, 0.5) is 23.4 Å². The molecule has 0 aliphatic carbocycles. The number of likely N-dealkylation sites (N-methyl/N-ethyl adjacent to an activating group) is 1. The molecule has 0 saturated heterocycles. The highest BCUT2D eigenvalue weighted by molar-refractivity contribution is 6.07. The van der Waals surface area contributed by atoms with Crippen LogP contribution in [0.1, 0.15) is 64.2 Å². The van der Waals surface area contributed by atoms with E-state index in [1.54, 1.807) is 37.3 Å². The minimum atomic E-state index is -4.72. The number of alkyl halides is 3. The van der Waals surface area contributed by atoms with Crippen molar-refractivity contribution in [3.63, 3.8) is 0 Å². The maximum absolute atomic E-state index is 14.3. The molecule has 236 valence electrons. The molecule has 0 fully saturated rings. The lowest BCUT2D eigenvalue weighted by molar-refractivity contribution is -0.137. The second-order valence-corrected chi connectivity index (χ2v) is 11.2. The summed E-state index contributed by atoms with van der Waals surface area (Å²) in [4.78, 5) is 42.9. The molecule has 1 aromatic heterocycles. The third-order valence-corrected chi connectivity index (χ3v) is 7.53. The number of hydrogen-bond donors (Lipinski definition) is 2. The van der Waals surface area contributed by atoms with Gasteiger partial charge in [0.15, 0.2) is 5.69 Å². The van der Waals surface area contributed by atoms with Crippen LogP contribution in [0.15, 0.2) is 78.9 Å². The van der Waals surface area contributed by atoms with Gasteiger partial charge in [-0.1, -0.05) is 36.4 Å². The molecule has 0 spiro atoms. The fourth-order valence-electron chi connectivity index (χ4n) is 5.38. The smallest absolute Gasteiger partial charge is 0.339 e. The van der Waals surface area contributed by atoms with Crippen LogP contribution in [0.5, 0.6) is 0 Å². The number of nitriles is 1. The van der Waals surface area contributed by atoms with Gasteiger partial charge in [-0.15, -0.1) is 0 Å². The second-order valence-electron chi connectivity index (χ2n) is 11.2. The average Bonchev–Trinajstić information content (AvgIpc) is 3.42. The van der Waals surface area contributed by atoms with E-state index in [1.165, 1.54) is 41.6 Å². The van der Waals surface area contributed by atoms with Gasteiger partial charge in [0.05, 0.1) is 17.3 Å². The van der Waals surface area contributed by atoms with Crippen LogP contribution >= 0.6 is 0 Å². The molecule has 1 aliphatic rings. The number of rotatable bonds is 7. The number of amides is 3. The zero-order chi connectivity index (χ0) is 33.4. The van der Waals surface area contributed by atoms with Gasteiger partial charge in [0.2, 0.25) is 0 Å². The molecule has 9 nitrogen and oxygen atoms in total. The van der Waals surface area contributed by atoms with E-state index in [0.717, 1.165) is 24.3 Å². The van der Waals surface area contributed by atoms with E-state index < -0.39 is 52.8 Å². The van der Waals surface area contributed by atoms with E-state index in [9.17, 15) is 37.2 Å². The van der Waals surface area contributed by atoms with E-state index in [2.05, 4.69) is 15.7 Å². The summed E-state index contributed by atoms with van der Waals surface area (Å²) < 4.78 is 55.9. The fourth-order valence-corrected chi connectivity index (χ4v) is 5.38. The molecule has 0 saturated carbocycles. The van der Waals surface area contributed by atoms with Gasteiger partial charge in [0, 0.05) is 23.6 Å². The Hall–Kier alpha value is -5.51. The highest BCUT2D eigenvalue weighted by Crippen LogP contribution is 2.44. The Morgan fingerprint density at radius 1 is 0.978 bits per heavy atom. The molecule has 0 unspecified atom stereocenters. The molecule has 3 amide bonds. The fraction of sp³-hybridized carbons (Fsp3) is 0.242. The Morgan fingerprint density at radius 3 is 2.26 bits per heavy atom. The van der Waals surface area contributed by atoms with Gasteiger partial charge in [-0.05, 0) is 68.8 Å². The predicted molar refractivity (Wildman–Crippen MR) is 160 cm³/mol. The van der Waals surface area contributed by atoms with Crippen molar-refractivity contribution in [1.82, 2.24) is 20.4 Å². The molecule has 46 heavy (non-hydrogen) atoms. The maximum Gasteiger partial charge on any atom is 0.416 e. The molecule has 2 heterocycles. The van der Waals surface area contributed by atoms with Crippen LogP contribution in [0, 0.1) is 17.1 Å². The summed E-state index contributed by atoms with van der Waals surface area (Å²) in [5.41, 5.74) is -1.87. The summed E-state index contributed by atoms with van der Waals surface area (Å²) in [6, 6.07) is 18.0. The number of halogens is 4. The minimum Gasteiger partial charge on any atom is -0.339 e. The molecule has 3 aromatic carbocycles. The number of carbonyl (C=O) groups excluding carboxylic acids is 3.